The molecule has 0 heterocycles. The van der Waals surface area contributed by atoms with Gasteiger partial charge in [0.1, 0.15) is 11.6 Å². The van der Waals surface area contributed by atoms with Crippen LogP contribution in [0, 0.1) is 17.7 Å². The third-order valence-electron chi connectivity index (χ3n) is 3.96. The number of benzene rings is 1. The van der Waals surface area contributed by atoms with Gasteiger partial charge in [-0.05, 0) is 42.9 Å². The van der Waals surface area contributed by atoms with Gasteiger partial charge in [0.2, 0.25) is 0 Å². The fraction of sp³-hybridized carbons (Fsp3) is 0.600. The predicted octanol–water partition coefficient (Wildman–Crippen LogP) is 5.10. The number of ether oxygens (including phenoxy) is 1. The van der Waals surface area contributed by atoms with E-state index in [2.05, 4.69) is 22.9 Å². The third kappa shape index (κ3) is 3.05. The van der Waals surface area contributed by atoms with Gasteiger partial charge in [-0.3, -0.25) is 0 Å². The molecule has 1 aliphatic rings. The third-order valence-corrected chi connectivity index (χ3v) is 5.20. The Hall–Kier alpha value is -0.570. The summed E-state index contributed by atoms with van der Waals surface area (Å²) in [5, 5.41) is 0. The molecule has 1 aromatic rings. The maximum atomic E-state index is 13.4. The highest BCUT2D eigenvalue weighted by Crippen LogP contribution is 2.44. The molecule has 18 heavy (non-hydrogen) atoms. The molecular formula is C15H20BrFO. The summed E-state index contributed by atoms with van der Waals surface area (Å²) in [7, 11) is 1.64. The van der Waals surface area contributed by atoms with Crippen LogP contribution in [0.3, 0.4) is 0 Å². The maximum Gasteiger partial charge on any atom is 0.123 e. The first-order valence-corrected chi connectivity index (χ1v) is 7.51. The van der Waals surface area contributed by atoms with Crippen molar-refractivity contribution in [2.24, 2.45) is 11.8 Å². The van der Waals surface area contributed by atoms with Gasteiger partial charge in [-0.15, -0.1) is 0 Å². The van der Waals surface area contributed by atoms with Crippen LogP contribution >= 0.6 is 15.9 Å². The molecule has 3 heteroatoms. The van der Waals surface area contributed by atoms with Crippen LogP contribution in [0.15, 0.2) is 18.2 Å². The van der Waals surface area contributed by atoms with E-state index in [-0.39, 0.29) is 10.6 Å². The van der Waals surface area contributed by atoms with Crippen LogP contribution in [0.2, 0.25) is 0 Å². The fourth-order valence-electron chi connectivity index (χ4n) is 2.75. The Balaban J connectivity index is 2.17. The first-order chi connectivity index (χ1) is 8.61. The van der Waals surface area contributed by atoms with Crippen molar-refractivity contribution in [2.45, 2.75) is 37.4 Å². The second-order valence-electron chi connectivity index (χ2n) is 5.31. The van der Waals surface area contributed by atoms with E-state index >= 15 is 0 Å². The highest BCUT2D eigenvalue weighted by Gasteiger charge is 2.27. The Labute approximate surface area is 117 Å². The van der Waals surface area contributed by atoms with Gasteiger partial charge in [-0.25, -0.2) is 4.39 Å². The van der Waals surface area contributed by atoms with E-state index in [1.807, 2.05) is 0 Å². The summed E-state index contributed by atoms with van der Waals surface area (Å²) in [6.07, 6.45) is 4.95. The molecule has 0 N–H and O–H groups in total. The molecule has 1 unspecified atom stereocenters. The van der Waals surface area contributed by atoms with E-state index in [4.69, 9.17) is 4.74 Å². The first kappa shape index (κ1) is 13.9. The fourth-order valence-corrected chi connectivity index (χ4v) is 3.64. The van der Waals surface area contributed by atoms with Crippen molar-refractivity contribution in [3.63, 3.8) is 0 Å². The predicted molar refractivity (Wildman–Crippen MR) is 75.7 cm³/mol. The highest BCUT2D eigenvalue weighted by atomic mass is 79.9. The average Bonchev–Trinajstić information content (AvgIpc) is 2.39. The number of hydrogen-bond donors (Lipinski definition) is 0. The van der Waals surface area contributed by atoms with Crippen molar-refractivity contribution < 1.29 is 9.13 Å². The Morgan fingerprint density at radius 2 is 1.94 bits per heavy atom. The highest BCUT2D eigenvalue weighted by molar-refractivity contribution is 9.09. The Morgan fingerprint density at radius 3 is 2.56 bits per heavy atom. The van der Waals surface area contributed by atoms with E-state index in [0.29, 0.717) is 5.92 Å². The number of methoxy groups -OCH3 is 1. The lowest BCUT2D eigenvalue weighted by atomic mass is 9.80. The van der Waals surface area contributed by atoms with Crippen molar-refractivity contribution in [3.05, 3.63) is 29.6 Å². The van der Waals surface area contributed by atoms with E-state index in [1.165, 1.54) is 31.7 Å². The average molecular weight is 315 g/mol. The van der Waals surface area contributed by atoms with Gasteiger partial charge in [0, 0.05) is 10.4 Å². The summed E-state index contributed by atoms with van der Waals surface area (Å²) in [6.45, 7) is 2.31. The molecule has 0 amide bonds. The summed E-state index contributed by atoms with van der Waals surface area (Å²) in [4.78, 5) is 0.190. The van der Waals surface area contributed by atoms with Crippen LogP contribution in [-0.4, -0.2) is 7.11 Å². The molecule has 0 spiro atoms. The van der Waals surface area contributed by atoms with Crippen molar-refractivity contribution in [1.82, 2.24) is 0 Å². The smallest absolute Gasteiger partial charge is 0.123 e. The van der Waals surface area contributed by atoms with Crippen LogP contribution in [0.1, 0.15) is 43.0 Å². The lowest BCUT2D eigenvalue weighted by Gasteiger charge is -2.30. The van der Waals surface area contributed by atoms with E-state index in [9.17, 15) is 4.39 Å². The number of hydrogen-bond acceptors (Lipinski definition) is 1. The molecule has 100 valence electrons. The summed E-state index contributed by atoms with van der Waals surface area (Å²) in [6, 6.07) is 4.76. The molecule has 1 nitrogen and oxygen atoms in total. The molecule has 1 atom stereocenters. The maximum absolute atomic E-state index is 13.4. The van der Waals surface area contributed by atoms with Crippen molar-refractivity contribution >= 4 is 15.9 Å². The van der Waals surface area contributed by atoms with Gasteiger partial charge in [0.15, 0.2) is 0 Å². The molecule has 1 saturated carbocycles. The van der Waals surface area contributed by atoms with Crippen LogP contribution in [0.25, 0.3) is 0 Å². The van der Waals surface area contributed by atoms with Gasteiger partial charge in [-0.2, -0.15) is 0 Å². The second kappa shape index (κ2) is 6.05. The molecule has 1 fully saturated rings. The molecule has 0 bridgehead atoms. The quantitative estimate of drug-likeness (QED) is 0.705. The number of rotatable bonds is 3. The van der Waals surface area contributed by atoms with E-state index in [0.717, 1.165) is 17.2 Å². The van der Waals surface area contributed by atoms with Gasteiger partial charge in [-0.1, -0.05) is 35.7 Å². The van der Waals surface area contributed by atoms with E-state index < -0.39 is 0 Å². The minimum absolute atomic E-state index is 0.190. The normalized spacial score (nSPS) is 25.8. The molecule has 1 aromatic carbocycles. The topological polar surface area (TPSA) is 9.23 Å². The SMILES string of the molecule is COc1ccc(F)cc1C(Br)C1CCC(C)CC1. The van der Waals surface area contributed by atoms with Crippen LogP contribution in [0.4, 0.5) is 4.39 Å². The lowest BCUT2D eigenvalue weighted by molar-refractivity contribution is 0.284. The second-order valence-corrected chi connectivity index (χ2v) is 6.29. The largest absolute Gasteiger partial charge is 0.496 e. The first-order valence-electron chi connectivity index (χ1n) is 6.59. The summed E-state index contributed by atoms with van der Waals surface area (Å²) in [5.74, 6) is 1.99. The van der Waals surface area contributed by atoms with E-state index in [1.54, 1.807) is 19.2 Å². The monoisotopic (exact) mass is 314 g/mol. The summed E-state index contributed by atoms with van der Waals surface area (Å²) >= 11 is 3.75. The zero-order valence-corrected chi connectivity index (χ0v) is 12.5. The zero-order chi connectivity index (χ0) is 13.1. The molecule has 0 aliphatic heterocycles. The summed E-state index contributed by atoms with van der Waals surface area (Å²) < 4.78 is 18.7. The molecular weight excluding hydrogens is 295 g/mol. The van der Waals surface area contributed by atoms with Crippen LogP contribution in [0.5, 0.6) is 5.75 Å². The minimum Gasteiger partial charge on any atom is -0.496 e. The van der Waals surface area contributed by atoms with Crippen LogP contribution < -0.4 is 4.74 Å². The van der Waals surface area contributed by atoms with Gasteiger partial charge >= 0.3 is 0 Å². The lowest BCUT2D eigenvalue weighted by Crippen LogP contribution is -2.16. The zero-order valence-electron chi connectivity index (χ0n) is 11.0. The van der Waals surface area contributed by atoms with Crippen LogP contribution in [-0.2, 0) is 0 Å². The molecule has 2 rings (SSSR count). The summed E-state index contributed by atoms with van der Waals surface area (Å²) in [5.41, 5.74) is 0.942. The van der Waals surface area contributed by atoms with Crippen molar-refractivity contribution in [2.75, 3.05) is 7.11 Å². The Kier molecular flexibility index (Phi) is 4.66. The molecule has 0 saturated heterocycles. The van der Waals surface area contributed by atoms with Gasteiger partial charge in [0.05, 0.1) is 7.11 Å². The Bertz CT molecular complexity index is 399. The van der Waals surface area contributed by atoms with Gasteiger partial charge in [0.25, 0.3) is 0 Å². The number of halogens is 2. The molecule has 1 aliphatic carbocycles. The molecule has 0 radical (unpaired) electrons. The van der Waals surface area contributed by atoms with Crippen molar-refractivity contribution in [3.8, 4) is 5.75 Å². The number of alkyl halides is 1. The molecule has 0 aromatic heterocycles. The van der Waals surface area contributed by atoms with Crippen molar-refractivity contribution in [1.29, 1.82) is 0 Å². The van der Waals surface area contributed by atoms with Gasteiger partial charge < -0.3 is 4.74 Å². The minimum atomic E-state index is -0.195. The standard InChI is InChI=1S/C15H20BrFO/c1-10-3-5-11(6-4-10)15(16)13-9-12(17)7-8-14(13)18-2/h7-11,15H,3-6H2,1-2H3. The Morgan fingerprint density at radius 1 is 1.28 bits per heavy atom.